The molecule has 0 radical (unpaired) electrons. The fourth-order valence-corrected chi connectivity index (χ4v) is 3.46. The lowest BCUT2D eigenvalue weighted by Crippen LogP contribution is -2.26. The standard InChI is InChI=1S/C24H26BrN3O3/c1-3-30-21-11-10-17(15-22(21)31-4-2)12-14-27-24(29)20-9-6-13-26-23(20)28-19-8-5-7-18(25)16-19/h5-11,13,15-16H,3-4,12,14H2,1-2H3,(H,26,28)(H,27,29). The fraction of sp³-hybridized carbons (Fsp3) is 0.250. The van der Waals surface area contributed by atoms with Crippen LogP contribution in [0.15, 0.2) is 65.3 Å². The molecule has 0 spiro atoms. The first-order chi connectivity index (χ1) is 15.1. The predicted molar refractivity (Wildman–Crippen MR) is 126 cm³/mol. The van der Waals surface area contributed by atoms with Gasteiger partial charge in [0.25, 0.3) is 5.91 Å². The van der Waals surface area contributed by atoms with E-state index in [1.165, 1.54) is 0 Å². The number of halogens is 1. The van der Waals surface area contributed by atoms with Crippen LogP contribution in [0.25, 0.3) is 0 Å². The van der Waals surface area contributed by atoms with Gasteiger partial charge >= 0.3 is 0 Å². The highest BCUT2D eigenvalue weighted by Crippen LogP contribution is 2.28. The smallest absolute Gasteiger partial charge is 0.255 e. The highest BCUT2D eigenvalue weighted by Gasteiger charge is 2.13. The van der Waals surface area contributed by atoms with Crippen molar-refractivity contribution >= 4 is 33.3 Å². The largest absolute Gasteiger partial charge is 0.490 e. The summed E-state index contributed by atoms with van der Waals surface area (Å²) in [4.78, 5) is 17.1. The third kappa shape index (κ3) is 6.46. The number of carbonyl (C=O) groups is 1. The Labute approximate surface area is 191 Å². The molecule has 0 aliphatic heterocycles. The van der Waals surface area contributed by atoms with Crippen LogP contribution in [0.1, 0.15) is 29.8 Å². The van der Waals surface area contributed by atoms with Crippen LogP contribution in [-0.2, 0) is 6.42 Å². The SMILES string of the molecule is CCOc1ccc(CCNC(=O)c2cccnc2Nc2cccc(Br)c2)cc1OCC. The number of nitrogens with one attached hydrogen (secondary N) is 2. The first kappa shape index (κ1) is 22.6. The van der Waals surface area contributed by atoms with Gasteiger partial charge in [-0.2, -0.15) is 0 Å². The summed E-state index contributed by atoms with van der Waals surface area (Å²) in [6.07, 6.45) is 2.33. The summed E-state index contributed by atoms with van der Waals surface area (Å²) in [5, 5.41) is 6.19. The molecule has 2 N–H and O–H groups in total. The van der Waals surface area contributed by atoms with Gasteiger partial charge in [0.05, 0.1) is 18.8 Å². The number of rotatable bonds is 10. The minimum Gasteiger partial charge on any atom is -0.490 e. The minimum atomic E-state index is -0.179. The van der Waals surface area contributed by atoms with E-state index in [2.05, 4.69) is 31.5 Å². The van der Waals surface area contributed by atoms with Gasteiger partial charge in [0, 0.05) is 22.9 Å². The van der Waals surface area contributed by atoms with Gasteiger partial charge in [-0.1, -0.05) is 28.1 Å². The van der Waals surface area contributed by atoms with E-state index in [1.807, 2.05) is 56.3 Å². The third-order valence-corrected chi connectivity index (χ3v) is 4.94. The van der Waals surface area contributed by atoms with Gasteiger partial charge in [-0.15, -0.1) is 0 Å². The Morgan fingerprint density at radius 1 is 1.00 bits per heavy atom. The number of pyridine rings is 1. The Bertz CT molecular complexity index is 1030. The Hall–Kier alpha value is -3.06. The fourth-order valence-electron chi connectivity index (χ4n) is 3.06. The van der Waals surface area contributed by atoms with E-state index >= 15 is 0 Å². The highest BCUT2D eigenvalue weighted by atomic mass is 79.9. The average Bonchev–Trinajstić information content (AvgIpc) is 2.76. The summed E-state index contributed by atoms with van der Waals surface area (Å²) < 4.78 is 12.2. The Kier molecular flexibility index (Phi) is 8.29. The van der Waals surface area contributed by atoms with Crippen molar-refractivity contribution in [1.29, 1.82) is 0 Å². The molecule has 0 bridgehead atoms. The first-order valence-corrected chi connectivity index (χ1v) is 11.0. The molecule has 0 unspecified atom stereocenters. The van der Waals surface area contributed by atoms with Crippen molar-refractivity contribution in [2.24, 2.45) is 0 Å². The van der Waals surface area contributed by atoms with E-state index in [9.17, 15) is 4.79 Å². The van der Waals surface area contributed by atoms with Gasteiger partial charge < -0.3 is 20.1 Å². The molecule has 0 atom stereocenters. The second-order valence-corrected chi connectivity index (χ2v) is 7.60. The number of amides is 1. The van der Waals surface area contributed by atoms with Gasteiger partial charge in [0.1, 0.15) is 5.82 Å². The van der Waals surface area contributed by atoms with Crippen LogP contribution in [0.4, 0.5) is 11.5 Å². The molecule has 3 aromatic rings. The van der Waals surface area contributed by atoms with E-state index in [1.54, 1.807) is 18.3 Å². The zero-order valence-corrected chi connectivity index (χ0v) is 19.2. The number of aromatic nitrogens is 1. The second-order valence-electron chi connectivity index (χ2n) is 6.69. The number of carbonyl (C=O) groups excluding carboxylic acids is 1. The maximum Gasteiger partial charge on any atom is 0.255 e. The molecule has 162 valence electrons. The summed E-state index contributed by atoms with van der Waals surface area (Å²) >= 11 is 3.45. The number of ether oxygens (including phenoxy) is 2. The van der Waals surface area contributed by atoms with Crippen molar-refractivity contribution in [1.82, 2.24) is 10.3 Å². The van der Waals surface area contributed by atoms with E-state index in [0.717, 1.165) is 27.2 Å². The molecule has 1 heterocycles. The van der Waals surface area contributed by atoms with Crippen LogP contribution < -0.4 is 20.1 Å². The highest BCUT2D eigenvalue weighted by molar-refractivity contribution is 9.10. The number of anilines is 2. The Morgan fingerprint density at radius 3 is 2.58 bits per heavy atom. The van der Waals surface area contributed by atoms with E-state index in [0.29, 0.717) is 37.6 Å². The summed E-state index contributed by atoms with van der Waals surface area (Å²) in [6, 6.07) is 17.1. The lowest BCUT2D eigenvalue weighted by Gasteiger charge is -2.13. The average molecular weight is 484 g/mol. The number of hydrogen-bond donors (Lipinski definition) is 2. The van der Waals surface area contributed by atoms with E-state index < -0.39 is 0 Å². The van der Waals surface area contributed by atoms with E-state index in [4.69, 9.17) is 9.47 Å². The Morgan fingerprint density at radius 2 is 1.81 bits per heavy atom. The minimum absolute atomic E-state index is 0.179. The monoisotopic (exact) mass is 483 g/mol. The van der Waals surface area contributed by atoms with Crippen molar-refractivity contribution in [3.8, 4) is 11.5 Å². The van der Waals surface area contributed by atoms with Crippen molar-refractivity contribution in [3.05, 3.63) is 76.4 Å². The van der Waals surface area contributed by atoms with Crippen LogP contribution in [-0.4, -0.2) is 30.6 Å². The van der Waals surface area contributed by atoms with Crippen LogP contribution in [0.2, 0.25) is 0 Å². The maximum absolute atomic E-state index is 12.8. The maximum atomic E-state index is 12.8. The summed E-state index contributed by atoms with van der Waals surface area (Å²) in [6.45, 7) is 5.52. The predicted octanol–water partition coefficient (Wildman–Crippen LogP) is 5.36. The topological polar surface area (TPSA) is 72.5 Å². The molecule has 0 aliphatic rings. The van der Waals surface area contributed by atoms with Crippen molar-refractivity contribution in [2.45, 2.75) is 20.3 Å². The Balaban J connectivity index is 1.63. The lowest BCUT2D eigenvalue weighted by molar-refractivity contribution is 0.0954. The van der Waals surface area contributed by atoms with Crippen molar-refractivity contribution in [2.75, 3.05) is 25.1 Å². The van der Waals surface area contributed by atoms with Gasteiger partial charge in [-0.3, -0.25) is 4.79 Å². The van der Waals surface area contributed by atoms with E-state index in [-0.39, 0.29) is 5.91 Å². The van der Waals surface area contributed by atoms with Crippen LogP contribution in [0, 0.1) is 0 Å². The summed E-state index contributed by atoms with van der Waals surface area (Å²) in [5.41, 5.74) is 2.40. The van der Waals surface area contributed by atoms with Gasteiger partial charge in [-0.05, 0) is 68.3 Å². The normalized spacial score (nSPS) is 10.4. The second kappa shape index (κ2) is 11.4. The molecule has 6 nitrogen and oxygen atoms in total. The number of benzene rings is 2. The molecule has 0 aliphatic carbocycles. The van der Waals surface area contributed by atoms with Gasteiger partial charge in [0.2, 0.25) is 0 Å². The molecule has 0 fully saturated rings. The zero-order chi connectivity index (χ0) is 22.1. The first-order valence-electron chi connectivity index (χ1n) is 10.2. The third-order valence-electron chi connectivity index (χ3n) is 4.45. The zero-order valence-electron chi connectivity index (χ0n) is 17.7. The van der Waals surface area contributed by atoms with Crippen molar-refractivity contribution < 1.29 is 14.3 Å². The molecule has 0 saturated carbocycles. The summed E-state index contributed by atoms with van der Waals surface area (Å²) in [5.74, 6) is 1.79. The van der Waals surface area contributed by atoms with Crippen LogP contribution >= 0.6 is 15.9 Å². The molecular formula is C24H26BrN3O3. The van der Waals surface area contributed by atoms with Gasteiger partial charge in [-0.25, -0.2) is 4.98 Å². The number of hydrogen-bond acceptors (Lipinski definition) is 5. The van der Waals surface area contributed by atoms with Crippen LogP contribution in [0.3, 0.4) is 0 Å². The molecule has 2 aromatic carbocycles. The molecule has 1 amide bonds. The molecule has 3 rings (SSSR count). The van der Waals surface area contributed by atoms with Gasteiger partial charge in [0.15, 0.2) is 11.5 Å². The van der Waals surface area contributed by atoms with Crippen molar-refractivity contribution in [3.63, 3.8) is 0 Å². The lowest BCUT2D eigenvalue weighted by atomic mass is 10.1. The molecule has 1 aromatic heterocycles. The quantitative estimate of drug-likeness (QED) is 0.406. The molecule has 7 heteroatoms. The molecular weight excluding hydrogens is 458 g/mol. The number of nitrogens with zero attached hydrogens (tertiary/aromatic N) is 1. The molecule has 0 saturated heterocycles. The van der Waals surface area contributed by atoms with Crippen LogP contribution in [0.5, 0.6) is 11.5 Å². The summed E-state index contributed by atoms with van der Waals surface area (Å²) in [7, 11) is 0. The molecule has 31 heavy (non-hydrogen) atoms.